The van der Waals surface area contributed by atoms with Gasteiger partial charge in [0.25, 0.3) is 11.6 Å². The predicted octanol–water partition coefficient (Wildman–Crippen LogP) is 2.83. The maximum atomic E-state index is 12.3. The Kier molecular flexibility index (Phi) is 6.32. The van der Waals surface area contributed by atoms with Crippen molar-refractivity contribution >= 4 is 28.9 Å². The van der Waals surface area contributed by atoms with Gasteiger partial charge in [-0.2, -0.15) is 0 Å². The lowest BCUT2D eigenvalue weighted by Crippen LogP contribution is -2.30. The van der Waals surface area contributed by atoms with Gasteiger partial charge in [-0.05, 0) is 25.1 Å². The first kappa shape index (κ1) is 19.7. The minimum absolute atomic E-state index is 0.122. The van der Waals surface area contributed by atoms with Gasteiger partial charge < -0.3 is 20.1 Å². The van der Waals surface area contributed by atoms with Crippen molar-refractivity contribution in [3.05, 3.63) is 58.1 Å². The summed E-state index contributed by atoms with van der Waals surface area (Å²) in [6, 6.07) is 10.5. The molecule has 0 aliphatic rings. The Morgan fingerprint density at radius 1 is 1.15 bits per heavy atom. The highest BCUT2D eigenvalue weighted by atomic mass is 16.6. The quantitative estimate of drug-likeness (QED) is 0.435. The molecule has 0 heterocycles. The molecule has 0 spiro atoms. The van der Waals surface area contributed by atoms with Gasteiger partial charge in [-0.3, -0.25) is 14.9 Å². The number of anilines is 2. The van der Waals surface area contributed by atoms with E-state index in [0.29, 0.717) is 11.3 Å². The fourth-order valence-electron chi connectivity index (χ4n) is 2.29. The highest BCUT2D eigenvalue weighted by Crippen LogP contribution is 2.29. The molecule has 9 nitrogen and oxygen atoms in total. The first-order chi connectivity index (χ1) is 12.9. The zero-order valence-corrected chi connectivity index (χ0v) is 15.0. The summed E-state index contributed by atoms with van der Waals surface area (Å²) in [7, 11) is 3.00. The van der Waals surface area contributed by atoms with E-state index in [1.54, 1.807) is 31.3 Å². The van der Waals surface area contributed by atoms with Crippen LogP contribution in [0, 0.1) is 10.1 Å². The summed E-state index contributed by atoms with van der Waals surface area (Å²) in [5.74, 6) is -1.13. The highest BCUT2D eigenvalue weighted by Gasteiger charge is 2.22. The number of nitro groups is 1. The zero-order chi connectivity index (χ0) is 20.0. The minimum atomic E-state index is -1.10. The van der Waals surface area contributed by atoms with Crippen LogP contribution >= 0.6 is 0 Å². The lowest BCUT2D eigenvalue weighted by atomic mass is 10.2. The standard InChI is InChI=1S/C18H19N3O6/c1-11(27-18(23)13-6-4-5-7-14(13)19-2)17(22)20-15-9-8-12(21(24)25)10-16(15)26-3/h4-11,19H,1-3H3,(H,20,22)/t11-/m0/s1. The number of para-hydroxylation sites is 1. The van der Waals surface area contributed by atoms with Gasteiger partial charge in [-0.25, -0.2) is 4.79 Å². The van der Waals surface area contributed by atoms with Gasteiger partial charge in [0.2, 0.25) is 0 Å². The maximum Gasteiger partial charge on any atom is 0.341 e. The third-order valence-electron chi connectivity index (χ3n) is 3.72. The number of rotatable bonds is 7. The van der Waals surface area contributed by atoms with E-state index in [0.717, 1.165) is 0 Å². The van der Waals surface area contributed by atoms with Crippen molar-refractivity contribution in [2.75, 3.05) is 24.8 Å². The van der Waals surface area contributed by atoms with Gasteiger partial charge in [0, 0.05) is 18.8 Å². The molecule has 0 radical (unpaired) electrons. The van der Waals surface area contributed by atoms with E-state index in [1.807, 2.05) is 0 Å². The average Bonchev–Trinajstić information content (AvgIpc) is 2.67. The number of nitrogens with zero attached hydrogens (tertiary/aromatic N) is 1. The lowest BCUT2D eigenvalue weighted by molar-refractivity contribution is -0.384. The summed E-state index contributed by atoms with van der Waals surface area (Å²) >= 11 is 0. The number of hydrogen-bond acceptors (Lipinski definition) is 7. The molecule has 0 saturated carbocycles. The minimum Gasteiger partial charge on any atom is -0.494 e. The van der Waals surface area contributed by atoms with E-state index in [1.165, 1.54) is 32.2 Å². The normalized spacial score (nSPS) is 11.2. The van der Waals surface area contributed by atoms with E-state index >= 15 is 0 Å². The van der Waals surface area contributed by atoms with Gasteiger partial charge in [-0.15, -0.1) is 0 Å². The molecule has 1 amide bonds. The molecule has 0 saturated heterocycles. The second kappa shape index (κ2) is 8.65. The molecule has 0 aliphatic carbocycles. The molecule has 9 heteroatoms. The van der Waals surface area contributed by atoms with Gasteiger partial charge >= 0.3 is 5.97 Å². The Morgan fingerprint density at radius 3 is 2.48 bits per heavy atom. The third kappa shape index (κ3) is 4.72. The number of hydrogen-bond donors (Lipinski definition) is 2. The Balaban J connectivity index is 2.09. The second-order valence-corrected chi connectivity index (χ2v) is 5.47. The fraction of sp³-hybridized carbons (Fsp3) is 0.222. The fourth-order valence-corrected chi connectivity index (χ4v) is 2.29. The highest BCUT2D eigenvalue weighted by molar-refractivity contribution is 6.00. The molecule has 2 N–H and O–H groups in total. The Hall–Kier alpha value is -3.62. The topological polar surface area (TPSA) is 120 Å². The van der Waals surface area contributed by atoms with E-state index in [9.17, 15) is 19.7 Å². The molecule has 27 heavy (non-hydrogen) atoms. The van der Waals surface area contributed by atoms with Crippen LogP contribution in [0.5, 0.6) is 5.75 Å². The molecule has 2 aromatic carbocycles. The second-order valence-electron chi connectivity index (χ2n) is 5.47. The van der Waals surface area contributed by atoms with Gasteiger partial charge in [-0.1, -0.05) is 12.1 Å². The molecular formula is C18H19N3O6. The Bertz CT molecular complexity index is 868. The molecule has 2 aromatic rings. The number of ether oxygens (including phenoxy) is 2. The smallest absolute Gasteiger partial charge is 0.341 e. The zero-order valence-electron chi connectivity index (χ0n) is 15.0. The van der Waals surface area contributed by atoms with Crippen LogP contribution in [-0.2, 0) is 9.53 Å². The SMILES string of the molecule is CNc1ccccc1C(=O)O[C@@H](C)C(=O)Nc1ccc([N+](=O)[O-])cc1OC. The number of methoxy groups -OCH3 is 1. The van der Waals surface area contributed by atoms with Crippen LogP contribution in [0.3, 0.4) is 0 Å². The number of non-ortho nitro benzene ring substituents is 1. The summed E-state index contributed by atoms with van der Waals surface area (Å²) in [5, 5.41) is 16.2. The number of carbonyl (C=O) groups is 2. The third-order valence-corrected chi connectivity index (χ3v) is 3.72. The summed E-state index contributed by atoms with van der Waals surface area (Å²) < 4.78 is 10.3. The summed E-state index contributed by atoms with van der Waals surface area (Å²) in [4.78, 5) is 34.9. The van der Waals surface area contributed by atoms with Crippen LogP contribution in [-0.4, -0.2) is 37.1 Å². The molecule has 142 valence electrons. The van der Waals surface area contributed by atoms with Crippen LogP contribution in [0.15, 0.2) is 42.5 Å². The number of carbonyl (C=O) groups excluding carboxylic acids is 2. The molecule has 0 unspecified atom stereocenters. The van der Waals surface area contributed by atoms with Gasteiger partial charge in [0.1, 0.15) is 5.75 Å². The van der Waals surface area contributed by atoms with Crippen molar-refractivity contribution < 1.29 is 24.0 Å². The first-order valence-corrected chi connectivity index (χ1v) is 7.98. The monoisotopic (exact) mass is 373 g/mol. The van der Waals surface area contributed by atoms with Crippen molar-refractivity contribution in [1.29, 1.82) is 0 Å². The number of nitro benzene ring substituents is 1. The molecule has 2 rings (SSSR count). The van der Waals surface area contributed by atoms with Crippen LogP contribution in [0.1, 0.15) is 17.3 Å². The molecule has 0 fully saturated rings. The Morgan fingerprint density at radius 2 is 1.85 bits per heavy atom. The van der Waals surface area contributed by atoms with E-state index in [-0.39, 0.29) is 17.1 Å². The van der Waals surface area contributed by atoms with Crippen molar-refractivity contribution in [2.45, 2.75) is 13.0 Å². The van der Waals surface area contributed by atoms with Crippen molar-refractivity contribution in [3.63, 3.8) is 0 Å². The van der Waals surface area contributed by atoms with Gasteiger partial charge in [0.15, 0.2) is 6.10 Å². The van der Waals surface area contributed by atoms with E-state index in [2.05, 4.69) is 10.6 Å². The van der Waals surface area contributed by atoms with Crippen LogP contribution in [0.25, 0.3) is 0 Å². The number of nitrogens with one attached hydrogen (secondary N) is 2. The number of esters is 1. The van der Waals surface area contributed by atoms with Crippen molar-refractivity contribution in [3.8, 4) is 5.75 Å². The van der Waals surface area contributed by atoms with Crippen molar-refractivity contribution in [2.24, 2.45) is 0 Å². The summed E-state index contributed by atoms with van der Waals surface area (Å²) in [5.41, 5.74) is 0.930. The Labute approximate surface area is 155 Å². The molecule has 0 bridgehead atoms. The van der Waals surface area contributed by atoms with Crippen LogP contribution in [0.2, 0.25) is 0 Å². The van der Waals surface area contributed by atoms with Crippen LogP contribution in [0.4, 0.5) is 17.1 Å². The maximum absolute atomic E-state index is 12.3. The summed E-state index contributed by atoms with van der Waals surface area (Å²) in [6.07, 6.45) is -1.10. The van der Waals surface area contributed by atoms with Crippen molar-refractivity contribution in [1.82, 2.24) is 0 Å². The number of amides is 1. The van der Waals surface area contributed by atoms with Crippen LogP contribution < -0.4 is 15.4 Å². The molecule has 0 aromatic heterocycles. The lowest BCUT2D eigenvalue weighted by Gasteiger charge is -2.16. The summed E-state index contributed by atoms with van der Waals surface area (Å²) in [6.45, 7) is 1.42. The largest absolute Gasteiger partial charge is 0.494 e. The van der Waals surface area contributed by atoms with Gasteiger partial charge in [0.05, 0.1) is 29.4 Å². The average molecular weight is 373 g/mol. The van der Waals surface area contributed by atoms with E-state index < -0.39 is 22.9 Å². The van der Waals surface area contributed by atoms with E-state index in [4.69, 9.17) is 9.47 Å². The first-order valence-electron chi connectivity index (χ1n) is 7.98. The predicted molar refractivity (Wildman–Crippen MR) is 99.1 cm³/mol. The number of benzene rings is 2. The molecule has 0 aliphatic heterocycles. The molecular weight excluding hydrogens is 354 g/mol. The molecule has 1 atom stereocenters.